The van der Waals surface area contributed by atoms with E-state index < -0.39 is 17.7 Å². The molecule has 2 rings (SSSR count). The van der Waals surface area contributed by atoms with Gasteiger partial charge in [-0.1, -0.05) is 13.8 Å². The number of benzene rings is 1. The Kier molecular flexibility index (Phi) is 7.97. The van der Waals surface area contributed by atoms with Crippen LogP contribution in [0.4, 0.5) is 19.3 Å². The Morgan fingerprint density at radius 2 is 1.80 bits per heavy atom. The van der Waals surface area contributed by atoms with Crippen molar-refractivity contribution < 1.29 is 18.4 Å². The summed E-state index contributed by atoms with van der Waals surface area (Å²) in [6, 6.07) is 6.19. The van der Waals surface area contributed by atoms with E-state index in [-0.39, 0.29) is 30.1 Å². The molecule has 1 N–H and O–H groups in total. The average Bonchev–Trinajstić information content (AvgIpc) is 3.06. The van der Waals surface area contributed by atoms with E-state index in [1.54, 1.807) is 18.7 Å². The Hall–Kier alpha value is -2.90. The molecule has 164 valence electrons. The largest absolute Gasteiger partial charge is 0.353 e. The van der Waals surface area contributed by atoms with Gasteiger partial charge in [-0.05, 0) is 44.0 Å². The molecule has 0 aliphatic rings. The number of aromatic nitrogens is 1. The van der Waals surface area contributed by atoms with E-state index in [0.29, 0.717) is 13.1 Å². The zero-order valence-electron chi connectivity index (χ0n) is 18.2. The first-order valence-corrected chi connectivity index (χ1v) is 9.99. The predicted molar refractivity (Wildman–Crippen MR) is 113 cm³/mol. The third-order valence-corrected chi connectivity index (χ3v) is 4.70. The molecule has 0 fully saturated rings. The minimum absolute atomic E-state index is 0.121. The van der Waals surface area contributed by atoms with Crippen molar-refractivity contribution in [3.8, 4) is 0 Å². The molecule has 0 atom stereocenters. The number of rotatable bonds is 8. The van der Waals surface area contributed by atoms with Crippen LogP contribution in [0, 0.1) is 17.6 Å². The van der Waals surface area contributed by atoms with Crippen LogP contribution in [0.25, 0.3) is 0 Å². The highest BCUT2D eigenvalue weighted by molar-refractivity contribution is 5.92. The van der Waals surface area contributed by atoms with E-state index in [2.05, 4.69) is 5.32 Å². The molecule has 1 heterocycles. The standard InChI is InChI=1S/C22H30F2N4O2/c1-15(2)12-27(13-18-7-6-10-26(18)5)21(29)14-28(16(3)4)22(30)25-17-8-9-19(23)20(24)11-17/h6-11,15-16H,12-14H2,1-5H3,(H,25,30). The van der Waals surface area contributed by atoms with Gasteiger partial charge in [-0.2, -0.15) is 0 Å². The van der Waals surface area contributed by atoms with Crippen LogP contribution >= 0.6 is 0 Å². The topological polar surface area (TPSA) is 57.6 Å². The van der Waals surface area contributed by atoms with Gasteiger partial charge in [0.25, 0.3) is 0 Å². The lowest BCUT2D eigenvalue weighted by Crippen LogP contribution is -2.48. The van der Waals surface area contributed by atoms with E-state index in [0.717, 1.165) is 17.8 Å². The fourth-order valence-electron chi connectivity index (χ4n) is 3.06. The Bertz CT molecular complexity index is 880. The van der Waals surface area contributed by atoms with Crippen molar-refractivity contribution in [3.63, 3.8) is 0 Å². The Labute approximate surface area is 176 Å². The molecule has 0 aliphatic heterocycles. The van der Waals surface area contributed by atoms with Gasteiger partial charge in [0.05, 0.1) is 6.54 Å². The van der Waals surface area contributed by atoms with Crippen molar-refractivity contribution in [2.75, 3.05) is 18.4 Å². The smallest absolute Gasteiger partial charge is 0.322 e. The van der Waals surface area contributed by atoms with Crippen molar-refractivity contribution in [2.45, 2.75) is 40.3 Å². The summed E-state index contributed by atoms with van der Waals surface area (Å²) in [5.41, 5.74) is 1.12. The molecule has 0 aliphatic carbocycles. The quantitative estimate of drug-likeness (QED) is 0.695. The van der Waals surface area contributed by atoms with Gasteiger partial charge < -0.3 is 19.7 Å². The maximum atomic E-state index is 13.4. The monoisotopic (exact) mass is 420 g/mol. The number of hydrogen-bond donors (Lipinski definition) is 1. The van der Waals surface area contributed by atoms with Crippen molar-refractivity contribution in [1.29, 1.82) is 0 Å². The molecule has 0 bridgehead atoms. The maximum absolute atomic E-state index is 13.4. The molecule has 1 aromatic carbocycles. The summed E-state index contributed by atoms with van der Waals surface area (Å²) >= 11 is 0. The first-order valence-electron chi connectivity index (χ1n) is 9.99. The number of aryl methyl sites for hydroxylation is 1. The van der Waals surface area contributed by atoms with E-state index in [9.17, 15) is 18.4 Å². The summed E-state index contributed by atoms with van der Waals surface area (Å²) < 4.78 is 28.5. The molecule has 0 saturated heterocycles. The second-order valence-corrected chi connectivity index (χ2v) is 8.06. The lowest BCUT2D eigenvalue weighted by atomic mass is 10.2. The summed E-state index contributed by atoms with van der Waals surface area (Å²) in [4.78, 5) is 28.9. The van der Waals surface area contributed by atoms with Gasteiger partial charge in [0.15, 0.2) is 11.6 Å². The maximum Gasteiger partial charge on any atom is 0.322 e. The third-order valence-electron chi connectivity index (χ3n) is 4.70. The van der Waals surface area contributed by atoms with Crippen molar-refractivity contribution in [3.05, 3.63) is 53.9 Å². The molecule has 3 amide bonds. The number of urea groups is 1. The zero-order valence-corrected chi connectivity index (χ0v) is 18.2. The summed E-state index contributed by atoms with van der Waals surface area (Å²) in [6.07, 6.45) is 1.92. The molecular weight excluding hydrogens is 390 g/mol. The summed E-state index contributed by atoms with van der Waals surface area (Å²) in [5.74, 6) is -1.96. The number of carbonyl (C=O) groups excluding carboxylic acids is 2. The van der Waals surface area contributed by atoms with Crippen LogP contribution in [0.1, 0.15) is 33.4 Å². The van der Waals surface area contributed by atoms with E-state index in [1.165, 1.54) is 11.0 Å². The third kappa shape index (κ3) is 6.30. The Morgan fingerprint density at radius 3 is 2.33 bits per heavy atom. The van der Waals surface area contributed by atoms with Gasteiger partial charge in [-0.3, -0.25) is 4.79 Å². The van der Waals surface area contributed by atoms with Crippen LogP contribution in [-0.2, 0) is 18.4 Å². The summed E-state index contributed by atoms with van der Waals surface area (Å²) in [7, 11) is 1.92. The highest BCUT2D eigenvalue weighted by atomic mass is 19.2. The first-order chi connectivity index (χ1) is 14.1. The number of amides is 3. The van der Waals surface area contributed by atoms with Crippen LogP contribution < -0.4 is 5.32 Å². The predicted octanol–water partition coefficient (Wildman–Crippen LogP) is 4.23. The summed E-state index contributed by atoms with van der Waals surface area (Å²) in [6.45, 7) is 8.52. The molecule has 6 nitrogen and oxygen atoms in total. The molecule has 0 saturated carbocycles. The SMILES string of the molecule is CC(C)CN(Cc1cccn1C)C(=O)CN(C(=O)Nc1ccc(F)c(F)c1)C(C)C. The van der Waals surface area contributed by atoms with Gasteiger partial charge in [0.1, 0.15) is 6.54 Å². The molecule has 0 unspecified atom stereocenters. The highest BCUT2D eigenvalue weighted by Crippen LogP contribution is 2.15. The van der Waals surface area contributed by atoms with Crippen molar-refractivity contribution >= 4 is 17.6 Å². The van der Waals surface area contributed by atoms with Gasteiger partial charge >= 0.3 is 6.03 Å². The van der Waals surface area contributed by atoms with Crippen LogP contribution in [0.5, 0.6) is 0 Å². The number of nitrogens with one attached hydrogen (secondary N) is 1. The second-order valence-electron chi connectivity index (χ2n) is 8.06. The minimum atomic E-state index is -1.05. The molecule has 2 aromatic rings. The van der Waals surface area contributed by atoms with Gasteiger partial charge in [0.2, 0.25) is 5.91 Å². The first kappa shape index (κ1) is 23.4. The number of hydrogen-bond acceptors (Lipinski definition) is 2. The van der Waals surface area contributed by atoms with Crippen LogP contribution in [0.3, 0.4) is 0 Å². The van der Waals surface area contributed by atoms with Crippen LogP contribution in [0.15, 0.2) is 36.5 Å². The van der Waals surface area contributed by atoms with Crippen molar-refractivity contribution in [2.24, 2.45) is 13.0 Å². The fraction of sp³-hybridized carbons (Fsp3) is 0.455. The second kappa shape index (κ2) is 10.2. The molecule has 1 aromatic heterocycles. The molecule has 8 heteroatoms. The van der Waals surface area contributed by atoms with E-state index in [4.69, 9.17) is 0 Å². The molecule has 0 spiro atoms. The van der Waals surface area contributed by atoms with Crippen molar-refractivity contribution in [1.82, 2.24) is 14.4 Å². The number of anilines is 1. The lowest BCUT2D eigenvalue weighted by Gasteiger charge is -2.31. The van der Waals surface area contributed by atoms with Crippen LogP contribution in [-0.4, -0.2) is 45.4 Å². The Morgan fingerprint density at radius 1 is 1.10 bits per heavy atom. The number of halogens is 2. The number of carbonyl (C=O) groups is 2. The van der Waals surface area contributed by atoms with E-state index >= 15 is 0 Å². The molecule has 30 heavy (non-hydrogen) atoms. The van der Waals surface area contributed by atoms with Gasteiger partial charge in [0, 0.05) is 43.3 Å². The Balaban J connectivity index is 2.13. The van der Waals surface area contributed by atoms with Gasteiger partial charge in [-0.25, -0.2) is 13.6 Å². The van der Waals surface area contributed by atoms with Crippen LogP contribution in [0.2, 0.25) is 0 Å². The highest BCUT2D eigenvalue weighted by Gasteiger charge is 2.25. The lowest BCUT2D eigenvalue weighted by molar-refractivity contribution is -0.133. The van der Waals surface area contributed by atoms with E-state index in [1.807, 2.05) is 43.8 Å². The minimum Gasteiger partial charge on any atom is -0.353 e. The molecular formula is C22H30F2N4O2. The number of nitrogens with zero attached hydrogens (tertiary/aromatic N) is 3. The zero-order chi connectivity index (χ0) is 22.4. The normalized spacial score (nSPS) is 11.1. The summed E-state index contributed by atoms with van der Waals surface area (Å²) in [5, 5.41) is 2.54. The molecule has 0 radical (unpaired) electrons. The fourth-order valence-corrected chi connectivity index (χ4v) is 3.06. The average molecular weight is 421 g/mol. The van der Waals surface area contributed by atoms with Gasteiger partial charge in [-0.15, -0.1) is 0 Å².